The zero-order valence-electron chi connectivity index (χ0n) is 17.6. The lowest BCUT2D eigenvalue weighted by Gasteiger charge is -2.17. The minimum atomic E-state index is -0.695. The summed E-state index contributed by atoms with van der Waals surface area (Å²) in [5.41, 5.74) is 0.146. The molecule has 0 radical (unpaired) electrons. The fourth-order valence-corrected chi connectivity index (χ4v) is 3.27. The van der Waals surface area contributed by atoms with Crippen LogP contribution in [0.25, 0.3) is 0 Å². The van der Waals surface area contributed by atoms with Crippen molar-refractivity contribution in [3.8, 4) is 5.75 Å². The van der Waals surface area contributed by atoms with E-state index in [4.69, 9.17) is 4.42 Å². The van der Waals surface area contributed by atoms with E-state index in [0.717, 1.165) is 11.3 Å². The molecule has 1 heterocycles. The number of carbonyl (C=O) groups excluding carboxylic acids is 1. The second kappa shape index (κ2) is 8.06. The van der Waals surface area contributed by atoms with Crippen molar-refractivity contribution in [2.45, 2.75) is 33.2 Å². The van der Waals surface area contributed by atoms with E-state index in [1.54, 1.807) is 20.2 Å². The topological polar surface area (TPSA) is 112 Å². The summed E-state index contributed by atoms with van der Waals surface area (Å²) in [5, 5.41) is 16.2. The molecule has 0 saturated heterocycles. The van der Waals surface area contributed by atoms with E-state index < -0.39 is 10.9 Å². The summed E-state index contributed by atoms with van der Waals surface area (Å²) in [5.74, 6) is 1.10. The maximum Gasteiger partial charge on any atom is 0.257 e. The van der Waals surface area contributed by atoms with Gasteiger partial charge in [0.25, 0.3) is 16.8 Å². The molecule has 8 nitrogen and oxygen atoms in total. The van der Waals surface area contributed by atoms with Crippen LogP contribution < -0.4 is 21.5 Å². The van der Waals surface area contributed by atoms with Gasteiger partial charge in [-0.25, -0.2) is 0 Å². The molecule has 0 atom stereocenters. The fourth-order valence-electron chi connectivity index (χ4n) is 3.27. The van der Waals surface area contributed by atoms with E-state index in [0.29, 0.717) is 11.7 Å². The Morgan fingerprint density at radius 1 is 1.17 bits per heavy atom. The average Bonchev–Trinajstić information content (AvgIpc) is 3.08. The van der Waals surface area contributed by atoms with Crippen molar-refractivity contribution in [1.29, 1.82) is 0 Å². The molecule has 0 saturated carbocycles. The number of rotatable bonds is 7. The highest BCUT2D eigenvalue weighted by molar-refractivity contribution is 5.99. The van der Waals surface area contributed by atoms with Gasteiger partial charge in [0.05, 0.1) is 17.8 Å². The summed E-state index contributed by atoms with van der Waals surface area (Å²) < 4.78 is 5.71. The molecule has 0 aliphatic heterocycles. The molecule has 0 aliphatic rings. The van der Waals surface area contributed by atoms with Crippen LogP contribution in [0.3, 0.4) is 0 Å². The van der Waals surface area contributed by atoms with Gasteiger partial charge in [-0.05, 0) is 36.6 Å². The van der Waals surface area contributed by atoms with Crippen LogP contribution in [-0.4, -0.2) is 30.0 Å². The summed E-state index contributed by atoms with van der Waals surface area (Å²) >= 11 is 0. The van der Waals surface area contributed by atoms with Crippen LogP contribution in [0.1, 0.15) is 47.2 Å². The van der Waals surface area contributed by atoms with Crippen LogP contribution in [0.5, 0.6) is 5.75 Å². The number of para-hydroxylation sites is 1. The van der Waals surface area contributed by atoms with Crippen molar-refractivity contribution in [3.63, 3.8) is 0 Å². The van der Waals surface area contributed by atoms with Gasteiger partial charge in [0.2, 0.25) is 0 Å². The largest absolute Gasteiger partial charge is 0.505 e. The Hall–Kier alpha value is -3.55. The Balaban J connectivity index is 1.82. The molecule has 1 amide bonds. The number of phenols is 1. The van der Waals surface area contributed by atoms with E-state index in [1.807, 2.05) is 13.0 Å². The van der Waals surface area contributed by atoms with E-state index in [1.165, 1.54) is 17.0 Å². The highest BCUT2D eigenvalue weighted by atomic mass is 16.3. The van der Waals surface area contributed by atoms with E-state index in [9.17, 15) is 19.5 Å². The number of hydrogen-bond donors (Lipinski definition) is 3. The lowest BCUT2D eigenvalue weighted by molar-refractivity contribution is 0.0824. The van der Waals surface area contributed by atoms with E-state index >= 15 is 0 Å². The molecule has 0 aliphatic carbocycles. The first-order valence-electron chi connectivity index (χ1n) is 9.58. The van der Waals surface area contributed by atoms with Gasteiger partial charge in [0, 0.05) is 14.1 Å². The number of amides is 1. The fraction of sp³-hybridized carbons (Fsp3) is 0.318. The maximum atomic E-state index is 12.2. The number of aromatic hydroxyl groups is 1. The van der Waals surface area contributed by atoms with Crippen molar-refractivity contribution in [3.05, 3.63) is 67.4 Å². The van der Waals surface area contributed by atoms with Gasteiger partial charge in [-0.2, -0.15) is 0 Å². The van der Waals surface area contributed by atoms with Crippen LogP contribution in [0.2, 0.25) is 0 Å². The number of furan rings is 1. The monoisotopic (exact) mass is 411 g/mol. The highest BCUT2D eigenvalue weighted by Crippen LogP contribution is 2.32. The maximum absolute atomic E-state index is 12.2. The number of aryl methyl sites for hydroxylation is 1. The number of nitrogens with zero attached hydrogens (tertiary/aromatic N) is 1. The average molecular weight is 411 g/mol. The van der Waals surface area contributed by atoms with Gasteiger partial charge in [-0.3, -0.25) is 14.4 Å². The number of carbonyl (C=O) groups is 1. The normalized spacial score (nSPS) is 11.1. The molecule has 2 aromatic carbocycles. The van der Waals surface area contributed by atoms with Crippen molar-refractivity contribution >= 4 is 23.0 Å². The molecule has 3 aromatic rings. The molecule has 3 rings (SSSR count). The minimum Gasteiger partial charge on any atom is -0.505 e. The smallest absolute Gasteiger partial charge is 0.257 e. The lowest BCUT2D eigenvalue weighted by atomic mass is 10.0. The second-order valence-corrected chi connectivity index (χ2v) is 7.67. The van der Waals surface area contributed by atoms with E-state index in [-0.39, 0.29) is 40.8 Å². The van der Waals surface area contributed by atoms with Gasteiger partial charge < -0.3 is 25.1 Å². The molecule has 3 N–H and O–H groups in total. The van der Waals surface area contributed by atoms with Crippen molar-refractivity contribution in [2.75, 3.05) is 24.7 Å². The SMILES string of the molecule is Cc1oc(CNc2c(Nc3cccc(C(=O)N(C)C)c3O)c(=O)c2=O)cc1C(C)C. The second-order valence-electron chi connectivity index (χ2n) is 7.67. The van der Waals surface area contributed by atoms with Crippen LogP contribution in [-0.2, 0) is 6.54 Å². The zero-order valence-corrected chi connectivity index (χ0v) is 17.6. The molecular formula is C22H25N3O5. The molecule has 8 heteroatoms. The van der Waals surface area contributed by atoms with Gasteiger partial charge in [0.15, 0.2) is 5.75 Å². The quantitative estimate of drug-likeness (QED) is 0.405. The van der Waals surface area contributed by atoms with Gasteiger partial charge in [0.1, 0.15) is 22.9 Å². The molecule has 0 spiro atoms. The summed E-state index contributed by atoms with van der Waals surface area (Å²) in [7, 11) is 3.14. The molecule has 0 unspecified atom stereocenters. The molecular weight excluding hydrogens is 386 g/mol. The van der Waals surface area contributed by atoms with Crippen LogP contribution >= 0.6 is 0 Å². The Morgan fingerprint density at radius 2 is 1.83 bits per heavy atom. The summed E-state index contributed by atoms with van der Waals surface area (Å²) in [4.78, 5) is 37.7. The first-order valence-corrected chi connectivity index (χ1v) is 9.58. The minimum absolute atomic E-state index is 0.0390. The van der Waals surface area contributed by atoms with Crippen molar-refractivity contribution in [2.24, 2.45) is 0 Å². The van der Waals surface area contributed by atoms with Crippen LogP contribution in [0.15, 0.2) is 38.3 Å². The van der Waals surface area contributed by atoms with Crippen LogP contribution in [0.4, 0.5) is 17.1 Å². The van der Waals surface area contributed by atoms with Crippen LogP contribution in [0, 0.1) is 6.92 Å². The zero-order chi connectivity index (χ0) is 22.2. The van der Waals surface area contributed by atoms with Gasteiger partial charge in [-0.1, -0.05) is 19.9 Å². The molecule has 158 valence electrons. The Bertz CT molecular complexity index is 1170. The lowest BCUT2D eigenvalue weighted by Crippen LogP contribution is -2.36. The predicted molar refractivity (Wildman–Crippen MR) is 116 cm³/mol. The summed E-state index contributed by atoms with van der Waals surface area (Å²) in [6.45, 7) is 6.25. The third-order valence-corrected chi connectivity index (χ3v) is 4.91. The van der Waals surface area contributed by atoms with E-state index in [2.05, 4.69) is 24.5 Å². The number of anilines is 3. The third kappa shape index (κ3) is 3.80. The predicted octanol–water partition coefficient (Wildman–Crippen LogP) is 3.07. The standard InChI is InChI=1S/C22H25N3O5/c1-11(2)15-9-13(30-12(15)3)10-23-17-18(21(28)20(17)27)24-16-8-6-7-14(19(16)26)22(29)25(4)5/h6-9,11,23-24,26H,10H2,1-5H3. The highest BCUT2D eigenvalue weighted by Gasteiger charge is 2.24. The molecule has 30 heavy (non-hydrogen) atoms. The Kier molecular flexibility index (Phi) is 5.69. The Morgan fingerprint density at radius 3 is 2.43 bits per heavy atom. The Labute approximate surface area is 173 Å². The van der Waals surface area contributed by atoms with Crippen molar-refractivity contribution in [1.82, 2.24) is 4.90 Å². The molecule has 1 aromatic heterocycles. The molecule has 0 bridgehead atoms. The summed E-state index contributed by atoms with van der Waals surface area (Å²) in [6.07, 6.45) is 0. The first-order chi connectivity index (χ1) is 14.1. The number of phenolic OH excluding ortho intramolecular Hbond substituents is 1. The third-order valence-electron chi connectivity index (χ3n) is 4.91. The molecule has 0 fully saturated rings. The first kappa shape index (κ1) is 21.2. The number of hydrogen-bond acceptors (Lipinski definition) is 7. The van der Waals surface area contributed by atoms with Gasteiger partial charge >= 0.3 is 0 Å². The van der Waals surface area contributed by atoms with Crippen molar-refractivity contribution < 1.29 is 14.3 Å². The number of nitrogens with one attached hydrogen (secondary N) is 2. The summed E-state index contributed by atoms with van der Waals surface area (Å²) in [6, 6.07) is 6.51. The number of benzene rings is 1. The van der Waals surface area contributed by atoms with Gasteiger partial charge in [-0.15, -0.1) is 0 Å².